The summed E-state index contributed by atoms with van der Waals surface area (Å²) in [5.41, 5.74) is 3.68. The smallest absolute Gasteiger partial charge is 0.225 e. The molecule has 140 valence electrons. The lowest BCUT2D eigenvalue weighted by atomic mass is 9.83. The van der Waals surface area contributed by atoms with Crippen LogP contribution in [0.1, 0.15) is 5.56 Å². The summed E-state index contributed by atoms with van der Waals surface area (Å²) < 4.78 is 0. The minimum Gasteiger partial charge on any atom is -0.368 e. The van der Waals surface area contributed by atoms with Gasteiger partial charge in [-0.1, -0.05) is 35.9 Å². The highest BCUT2D eigenvalue weighted by Crippen LogP contribution is 2.37. The Morgan fingerprint density at radius 3 is 2.74 bits per heavy atom. The average Bonchev–Trinajstić information content (AvgIpc) is 2.71. The minimum absolute atomic E-state index is 0.0741. The van der Waals surface area contributed by atoms with Gasteiger partial charge in [0.15, 0.2) is 0 Å². The Bertz CT molecular complexity index is 836. The summed E-state index contributed by atoms with van der Waals surface area (Å²) in [6.45, 7) is 6.86. The third-order valence-electron chi connectivity index (χ3n) is 5.57. The van der Waals surface area contributed by atoms with Crippen LogP contribution in [0, 0.1) is 5.92 Å². The molecular weight excluding hydrogens is 358 g/mol. The lowest BCUT2D eigenvalue weighted by Crippen LogP contribution is -2.61. The molecule has 2 aromatic rings. The van der Waals surface area contributed by atoms with Gasteiger partial charge in [-0.2, -0.15) is 0 Å². The summed E-state index contributed by atoms with van der Waals surface area (Å²) in [5, 5.41) is 3.75. The van der Waals surface area contributed by atoms with E-state index >= 15 is 0 Å². The van der Waals surface area contributed by atoms with Crippen LogP contribution in [0.5, 0.6) is 0 Å². The van der Waals surface area contributed by atoms with Gasteiger partial charge in [-0.05, 0) is 42.3 Å². The molecule has 2 aliphatic rings. The Morgan fingerprint density at radius 2 is 1.96 bits per heavy atom. The molecule has 0 radical (unpaired) electrons. The number of anilines is 2. The lowest BCUT2D eigenvalue weighted by Gasteiger charge is -2.49. The van der Waals surface area contributed by atoms with Crippen LogP contribution >= 0.6 is 11.6 Å². The zero-order valence-electron chi connectivity index (χ0n) is 15.3. The lowest BCUT2D eigenvalue weighted by molar-refractivity contribution is -0.125. The maximum atomic E-state index is 12.9. The topological polar surface area (TPSA) is 35.6 Å². The second-order valence-electron chi connectivity index (χ2n) is 7.16. The molecule has 4 nitrogen and oxygen atoms in total. The fourth-order valence-corrected chi connectivity index (χ4v) is 4.37. The number of nitrogens with one attached hydrogen (secondary N) is 1. The van der Waals surface area contributed by atoms with Gasteiger partial charge in [-0.15, -0.1) is 6.58 Å². The highest BCUT2D eigenvalue weighted by Gasteiger charge is 2.41. The largest absolute Gasteiger partial charge is 0.368 e. The van der Waals surface area contributed by atoms with Gasteiger partial charge in [0.25, 0.3) is 0 Å². The third-order valence-corrected chi connectivity index (χ3v) is 5.83. The molecule has 1 amide bonds. The van der Waals surface area contributed by atoms with Crippen molar-refractivity contribution in [2.45, 2.75) is 12.5 Å². The van der Waals surface area contributed by atoms with Gasteiger partial charge in [0.1, 0.15) is 0 Å². The van der Waals surface area contributed by atoms with Crippen LogP contribution in [0.4, 0.5) is 11.4 Å². The molecule has 2 aliphatic heterocycles. The third kappa shape index (κ3) is 3.54. The Morgan fingerprint density at radius 1 is 1.19 bits per heavy atom. The molecule has 0 unspecified atom stereocenters. The summed E-state index contributed by atoms with van der Waals surface area (Å²) in [7, 11) is 0. The van der Waals surface area contributed by atoms with Gasteiger partial charge >= 0.3 is 0 Å². The molecule has 1 fully saturated rings. The van der Waals surface area contributed by atoms with Crippen molar-refractivity contribution >= 4 is 28.9 Å². The van der Waals surface area contributed by atoms with Crippen LogP contribution in [-0.2, 0) is 11.2 Å². The molecule has 4 rings (SSSR count). The highest BCUT2D eigenvalue weighted by molar-refractivity contribution is 6.30. The van der Waals surface area contributed by atoms with Crippen molar-refractivity contribution in [3.63, 3.8) is 0 Å². The van der Waals surface area contributed by atoms with Crippen molar-refractivity contribution in [2.24, 2.45) is 5.92 Å². The molecule has 1 saturated heterocycles. The molecule has 0 saturated carbocycles. The number of nitrogens with zero attached hydrogens (tertiary/aromatic N) is 2. The Kier molecular flexibility index (Phi) is 5.08. The fraction of sp³-hybridized carbons (Fsp3) is 0.318. The van der Waals surface area contributed by atoms with Gasteiger partial charge in [0.05, 0.1) is 12.0 Å². The van der Waals surface area contributed by atoms with Crippen molar-refractivity contribution < 1.29 is 4.79 Å². The number of halogens is 1. The molecular formula is C22H24ClN3O. The number of fused-ring (bicyclic) bond motifs is 3. The maximum absolute atomic E-state index is 12.9. The number of benzene rings is 2. The van der Waals surface area contributed by atoms with E-state index in [0.29, 0.717) is 6.54 Å². The molecule has 0 spiro atoms. The maximum Gasteiger partial charge on any atom is 0.225 e. The van der Waals surface area contributed by atoms with E-state index < -0.39 is 0 Å². The number of carbonyl (C=O) groups is 1. The van der Waals surface area contributed by atoms with E-state index in [0.717, 1.165) is 36.8 Å². The fourth-order valence-electron chi connectivity index (χ4n) is 4.25. The second kappa shape index (κ2) is 7.65. The van der Waals surface area contributed by atoms with Crippen molar-refractivity contribution in [3.05, 3.63) is 71.8 Å². The molecule has 0 aliphatic carbocycles. The van der Waals surface area contributed by atoms with Crippen LogP contribution in [0.3, 0.4) is 0 Å². The number of hydrogen-bond acceptors (Lipinski definition) is 3. The standard InChI is InChI=1S/C22H24ClN3O/c1-2-11-24-22(27)19-14-16-5-3-4-6-20(16)26-13-12-25(15-21(19)26)18-9-7-17(23)8-10-18/h2-10,19,21H,1,11-15H2,(H,24,27)/t19-,21-/m1/s1. The van der Waals surface area contributed by atoms with E-state index in [4.69, 9.17) is 11.6 Å². The van der Waals surface area contributed by atoms with E-state index in [1.165, 1.54) is 11.3 Å². The zero-order valence-corrected chi connectivity index (χ0v) is 16.0. The SMILES string of the molecule is C=CCNC(=O)[C@@H]1Cc2ccccc2N2CCN(c3ccc(Cl)cc3)C[C@H]12. The quantitative estimate of drug-likeness (QED) is 0.823. The molecule has 0 aromatic heterocycles. The number of carbonyl (C=O) groups excluding carboxylic acids is 1. The normalized spacial score (nSPS) is 21.2. The van der Waals surface area contributed by atoms with E-state index in [1.807, 2.05) is 12.1 Å². The summed E-state index contributed by atoms with van der Waals surface area (Å²) in [6, 6.07) is 16.6. The number of amides is 1. The van der Waals surface area contributed by atoms with Crippen molar-refractivity contribution in [1.29, 1.82) is 0 Å². The Balaban J connectivity index is 1.63. The molecule has 0 bridgehead atoms. The van der Waals surface area contributed by atoms with Crippen LogP contribution in [0.2, 0.25) is 5.02 Å². The number of piperazine rings is 1. The van der Waals surface area contributed by atoms with Crippen molar-refractivity contribution in [1.82, 2.24) is 5.32 Å². The minimum atomic E-state index is -0.0741. The summed E-state index contributed by atoms with van der Waals surface area (Å²) in [4.78, 5) is 17.7. The van der Waals surface area contributed by atoms with Gasteiger partial charge in [0, 0.05) is 42.6 Å². The number of para-hydroxylation sites is 1. The molecule has 5 heteroatoms. The molecule has 2 atom stereocenters. The first-order valence-corrected chi connectivity index (χ1v) is 9.79. The van der Waals surface area contributed by atoms with Gasteiger partial charge in [-0.3, -0.25) is 4.79 Å². The Labute approximate surface area is 165 Å². The molecule has 27 heavy (non-hydrogen) atoms. The zero-order chi connectivity index (χ0) is 18.8. The van der Waals surface area contributed by atoms with Crippen LogP contribution in [-0.4, -0.2) is 38.1 Å². The highest BCUT2D eigenvalue weighted by atomic mass is 35.5. The predicted molar refractivity (Wildman–Crippen MR) is 112 cm³/mol. The summed E-state index contributed by atoms with van der Waals surface area (Å²) in [6.07, 6.45) is 2.50. The Hall–Kier alpha value is -2.46. The number of hydrogen-bond donors (Lipinski definition) is 1. The van der Waals surface area contributed by atoms with Crippen LogP contribution in [0.25, 0.3) is 0 Å². The van der Waals surface area contributed by atoms with E-state index in [-0.39, 0.29) is 17.9 Å². The average molecular weight is 382 g/mol. The van der Waals surface area contributed by atoms with Gasteiger partial charge < -0.3 is 15.1 Å². The van der Waals surface area contributed by atoms with E-state index in [2.05, 4.69) is 58.1 Å². The monoisotopic (exact) mass is 381 g/mol. The van der Waals surface area contributed by atoms with Crippen molar-refractivity contribution in [3.8, 4) is 0 Å². The first-order chi connectivity index (χ1) is 13.2. The predicted octanol–water partition coefficient (Wildman–Crippen LogP) is 3.51. The first kappa shape index (κ1) is 17.9. The molecule has 1 N–H and O–H groups in total. The van der Waals surface area contributed by atoms with E-state index in [1.54, 1.807) is 6.08 Å². The molecule has 2 aromatic carbocycles. The van der Waals surface area contributed by atoms with Gasteiger partial charge in [0.2, 0.25) is 5.91 Å². The number of rotatable bonds is 4. The van der Waals surface area contributed by atoms with Crippen LogP contribution in [0.15, 0.2) is 61.2 Å². The van der Waals surface area contributed by atoms with E-state index in [9.17, 15) is 4.79 Å². The first-order valence-electron chi connectivity index (χ1n) is 9.41. The molecule has 2 heterocycles. The van der Waals surface area contributed by atoms with Crippen LogP contribution < -0.4 is 15.1 Å². The van der Waals surface area contributed by atoms with Gasteiger partial charge in [-0.25, -0.2) is 0 Å². The summed E-state index contributed by atoms with van der Waals surface area (Å²) in [5.74, 6) is 0.0345. The summed E-state index contributed by atoms with van der Waals surface area (Å²) >= 11 is 6.04. The second-order valence-corrected chi connectivity index (χ2v) is 7.59. The van der Waals surface area contributed by atoms with Crippen molar-refractivity contribution in [2.75, 3.05) is 36.0 Å².